The molecule has 1 saturated heterocycles. The number of halogens is 1. The van der Waals surface area contributed by atoms with Crippen molar-refractivity contribution in [1.29, 1.82) is 0 Å². The third-order valence-corrected chi connectivity index (χ3v) is 3.75. The van der Waals surface area contributed by atoms with Crippen molar-refractivity contribution in [1.82, 2.24) is 5.32 Å². The van der Waals surface area contributed by atoms with E-state index in [0.29, 0.717) is 29.7 Å². The van der Waals surface area contributed by atoms with Crippen molar-refractivity contribution in [3.8, 4) is 5.75 Å². The van der Waals surface area contributed by atoms with Gasteiger partial charge in [-0.25, -0.2) is 0 Å². The molecule has 1 aliphatic heterocycles. The summed E-state index contributed by atoms with van der Waals surface area (Å²) in [5.74, 6) is 0.719. The van der Waals surface area contributed by atoms with Crippen molar-refractivity contribution in [2.45, 2.75) is 12.8 Å². The van der Waals surface area contributed by atoms with Crippen LogP contribution in [0.3, 0.4) is 0 Å². The van der Waals surface area contributed by atoms with Gasteiger partial charge in [-0.15, -0.1) is 0 Å². The Morgan fingerprint density at radius 3 is 2.81 bits per heavy atom. The molecule has 2 N–H and O–H groups in total. The molecular weight excluding hydrogens is 292 g/mol. The number of hydrogen-bond acceptors (Lipinski definition) is 4. The van der Waals surface area contributed by atoms with Crippen LogP contribution in [0.15, 0.2) is 18.2 Å². The number of rotatable bonds is 6. The van der Waals surface area contributed by atoms with E-state index in [1.165, 1.54) is 0 Å². The lowest BCUT2D eigenvalue weighted by molar-refractivity contribution is -0.120. The summed E-state index contributed by atoms with van der Waals surface area (Å²) in [5.41, 5.74) is 0.697. The van der Waals surface area contributed by atoms with Gasteiger partial charge in [0.15, 0.2) is 0 Å². The Labute approximate surface area is 130 Å². The van der Waals surface area contributed by atoms with E-state index in [1.807, 2.05) is 0 Å². The van der Waals surface area contributed by atoms with E-state index in [9.17, 15) is 4.79 Å². The van der Waals surface area contributed by atoms with Crippen molar-refractivity contribution in [3.63, 3.8) is 0 Å². The maximum absolute atomic E-state index is 12.1. The van der Waals surface area contributed by atoms with Crippen LogP contribution < -0.4 is 15.4 Å². The average Bonchev–Trinajstić information content (AvgIpc) is 2.50. The number of nitrogens with one attached hydrogen (secondary N) is 2. The number of piperidine rings is 1. The Morgan fingerprint density at radius 2 is 2.14 bits per heavy atom. The molecule has 0 atom stereocenters. The van der Waals surface area contributed by atoms with E-state index in [1.54, 1.807) is 25.3 Å². The molecule has 1 aromatic rings. The van der Waals surface area contributed by atoms with Crippen molar-refractivity contribution >= 4 is 23.2 Å². The molecule has 0 saturated carbocycles. The standard InChI is InChI=1S/C15H21ClN2O3/c1-20-8-9-21-14-3-2-12(10-13(14)16)18-15(19)11-4-6-17-7-5-11/h2-3,10-11,17H,4-9H2,1H3,(H,18,19). The molecule has 1 amide bonds. The van der Waals surface area contributed by atoms with Crippen molar-refractivity contribution in [2.24, 2.45) is 5.92 Å². The summed E-state index contributed by atoms with van der Waals surface area (Å²) in [6, 6.07) is 5.27. The van der Waals surface area contributed by atoms with E-state index in [2.05, 4.69) is 10.6 Å². The van der Waals surface area contributed by atoms with Crippen LogP contribution in [0, 0.1) is 5.92 Å². The summed E-state index contributed by atoms with van der Waals surface area (Å²) >= 11 is 6.15. The van der Waals surface area contributed by atoms with E-state index in [0.717, 1.165) is 25.9 Å². The molecule has 0 unspecified atom stereocenters. The molecule has 21 heavy (non-hydrogen) atoms. The lowest BCUT2D eigenvalue weighted by Crippen LogP contribution is -2.34. The van der Waals surface area contributed by atoms with Crippen LogP contribution >= 0.6 is 11.6 Å². The van der Waals surface area contributed by atoms with Crippen molar-refractivity contribution < 1.29 is 14.3 Å². The number of methoxy groups -OCH3 is 1. The van der Waals surface area contributed by atoms with Gasteiger partial charge in [-0.1, -0.05) is 11.6 Å². The Hall–Kier alpha value is -1.30. The largest absolute Gasteiger partial charge is 0.490 e. The van der Waals surface area contributed by atoms with Crippen LogP contribution in [0.1, 0.15) is 12.8 Å². The van der Waals surface area contributed by atoms with Gasteiger partial charge in [-0.3, -0.25) is 4.79 Å². The topological polar surface area (TPSA) is 59.6 Å². The van der Waals surface area contributed by atoms with E-state index in [4.69, 9.17) is 21.1 Å². The van der Waals surface area contributed by atoms with Gasteiger partial charge in [0, 0.05) is 18.7 Å². The zero-order valence-electron chi connectivity index (χ0n) is 12.2. The summed E-state index contributed by atoms with van der Waals surface area (Å²) in [4.78, 5) is 12.1. The quantitative estimate of drug-likeness (QED) is 0.791. The SMILES string of the molecule is COCCOc1ccc(NC(=O)C2CCNCC2)cc1Cl. The molecule has 1 heterocycles. The zero-order chi connectivity index (χ0) is 15.1. The molecule has 1 aromatic carbocycles. The molecule has 116 valence electrons. The number of amides is 1. The normalized spacial score (nSPS) is 15.7. The molecule has 1 aliphatic rings. The Kier molecular flexibility index (Phi) is 6.29. The number of anilines is 1. The predicted octanol–water partition coefficient (Wildman–Crippen LogP) is 2.30. The van der Waals surface area contributed by atoms with Gasteiger partial charge in [0.25, 0.3) is 0 Å². The first-order valence-corrected chi connectivity index (χ1v) is 7.51. The second-order valence-corrected chi connectivity index (χ2v) is 5.41. The molecule has 0 bridgehead atoms. The van der Waals surface area contributed by atoms with Crippen LogP contribution in [-0.2, 0) is 9.53 Å². The third kappa shape index (κ3) is 4.88. The molecule has 2 rings (SSSR count). The highest BCUT2D eigenvalue weighted by atomic mass is 35.5. The Bertz CT molecular complexity index is 476. The number of carbonyl (C=O) groups is 1. The highest BCUT2D eigenvalue weighted by Gasteiger charge is 2.21. The van der Waals surface area contributed by atoms with Crippen LogP contribution in [0.25, 0.3) is 0 Å². The van der Waals surface area contributed by atoms with E-state index in [-0.39, 0.29) is 11.8 Å². The molecule has 0 aliphatic carbocycles. The number of benzene rings is 1. The zero-order valence-corrected chi connectivity index (χ0v) is 12.9. The molecule has 0 radical (unpaired) electrons. The van der Waals surface area contributed by atoms with Gasteiger partial charge in [-0.05, 0) is 44.1 Å². The maximum atomic E-state index is 12.1. The lowest BCUT2D eigenvalue weighted by atomic mass is 9.97. The number of ether oxygens (including phenoxy) is 2. The van der Waals surface area contributed by atoms with Crippen LogP contribution in [-0.4, -0.2) is 39.3 Å². The predicted molar refractivity (Wildman–Crippen MR) is 83.0 cm³/mol. The van der Waals surface area contributed by atoms with Crippen molar-refractivity contribution in [2.75, 3.05) is 38.7 Å². The molecule has 5 nitrogen and oxygen atoms in total. The summed E-state index contributed by atoms with van der Waals surface area (Å²) in [6.07, 6.45) is 1.75. The highest BCUT2D eigenvalue weighted by Crippen LogP contribution is 2.28. The first-order chi connectivity index (χ1) is 10.2. The van der Waals surface area contributed by atoms with Gasteiger partial charge in [-0.2, -0.15) is 0 Å². The van der Waals surface area contributed by atoms with Gasteiger partial charge >= 0.3 is 0 Å². The maximum Gasteiger partial charge on any atom is 0.227 e. The van der Waals surface area contributed by atoms with Gasteiger partial charge in [0.2, 0.25) is 5.91 Å². The molecule has 0 spiro atoms. The first kappa shape index (κ1) is 16.1. The first-order valence-electron chi connectivity index (χ1n) is 7.13. The fourth-order valence-corrected chi connectivity index (χ4v) is 2.49. The molecule has 1 fully saturated rings. The van der Waals surface area contributed by atoms with Crippen molar-refractivity contribution in [3.05, 3.63) is 23.2 Å². The average molecular weight is 313 g/mol. The van der Waals surface area contributed by atoms with Crippen LogP contribution in [0.2, 0.25) is 5.02 Å². The fraction of sp³-hybridized carbons (Fsp3) is 0.533. The second-order valence-electron chi connectivity index (χ2n) is 5.00. The van der Waals surface area contributed by atoms with Crippen LogP contribution in [0.4, 0.5) is 5.69 Å². The summed E-state index contributed by atoms with van der Waals surface area (Å²) in [5, 5.41) is 6.64. The van der Waals surface area contributed by atoms with E-state index < -0.39 is 0 Å². The summed E-state index contributed by atoms with van der Waals surface area (Å²) in [7, 11) is 1.62. The third-order valence-electron chi connectivity index (χ3n) is 3.45. The number of hydrogen-bond donors (Lipinski definition) is 2. The Morgan fingerprint density at radius 1 is 1.38 bits per heavy atom. The molecule has 6 heteroatoms. The Balaban J connectivity index is 1.91. The smallest absolute Gasteiger partial charge is 0.227 e. The van der Waals surface area contributed by atoms with Gasteiger partial charge in [0.1, 0.15) is 12.4 Å². The molecule has 0 aromatic heterocycles. The summed E-state index contributed by atoms with van der Waals surface area (Å²) in [6.45, 7) is 2.73. The molecular formula is C15H21ClN2O3. The monoisotopic (exact) mass is 312 g/mol. The number of carbonyl (C=O) groups excluding carboxylic acids is 1. The lowest BCUT2D eigenvalue weighted by Gasteiger charge is -2.21. The summed E-state index contributed by atoms with van der Waals surface area (Å²) < 4.78 is 10.4. The van der Waals surface area contributed by atoms with Gasteiger partial charge in [0.05, 0.1) is 11.6 Å². The minimum absolute atomic E-state index is 0.0561. The highest BCUT2D eigenvalue weighted by molar-refractivity contribution is 6.32. The van der Waals surface area contributed by atoms with Gasteiger partial charge < -0.3 is 20.1 Å². The second kappa shape index (κ2) is 8.22. The fourth-order valence-electron chi connectivity index (χ4n) is 2.26. The minimum atomic E-state index is 0.0561. The van der Waals surface area contributed by atoms with Crippen LogP contribution in [0.5, 0.6) is 5.75 Å². The minimum Gasteiger partial charge on any atom is -0.490 e. The van der Waals surface area contributed by atoms with E-state index >= 15 is 0 Å².